The first-order valence-electron chi connectivity index (χ1n) is 4.88. The Morgan fingerprint density at radius 2 is 1.83 bits per heavy atom. The zero-order chi connectivity index (χ0) is 13.8. The van der Waals surface area contributed by atoms with Gasteiger partial charge in [-0.05, 0) is 23.9 Å². The normalized spacial score (nSPS) is 18.2. The first-order chi connectivity index (χ1) is 8.03. The second-order valence-electron chi connectivity index (χ2n) is 4.13. The summed E-state index contributed by atoms with van der Waals surface area (Å²) in [7, 11) is 22.4. The highest BCUT2D eigenvalue weighted by Gasteiger charge is 2.42. The van der Waals surface area contributed by atoms with Gasteiger partial charge in [-0.3, -0.25) is 0 Å². The lowest BCUT2D eigenvalue weighted by atomic mass is 9.32. The molecule has 18 heavy (non-hydrogen) atoms. The minimum atomic E-state index is -3.31. The van der Waals surface area contributed by atoms with E-state index < -0.39 is 16.0 Å². The van der Waals surface area contributed by atoms with Crippen LogP contribution < -0.4 is 10.5 Å². The molecule has 2 nitrogen and oxygen atoms in total. The van der Waals surface area contributed by atoms with Crippen LogP contribution in [0.15, 0.2) is 23.1 Å². The highest BCUT2D eigenvalue weighted by molar-refractivity contribution is 8.00. The summed E-state index contributed by atoms with van der Waals surface area (Å²) >= 11 is 0.289. The van der Waals surface area contributed by atoms with Gasteiger partial charge in [0, 0.05) is 0 Å². The van der Waals surface area contributed by atoms with Gasteiger partial charge in [0.05, 0.1) is 36.3 Å². The average Bonchev–Trinajstić information content (AvgIpc) is 2.48. The van der Waals surface area contributed by atoms with Gasteiger partial charge in [-0.15, -0.1) is 0 Å². The van der Waals surface area contributed by atoms with E-state index in [1.54, 1.807) is 0 Å². The Morgan fingerprint density at radius 1 is 1.22 bits per heavy atom. The molecule has 0 saturated heterocycles. The van der Waals surface area contributed by atoms with Crippen LogP contribution in [0.4, 0.5) is 8.78 Å². The van der Waals surface area contributed by atoms with Crippen LogP contribution in [0.1, 0.15) is 5.56 Å². The molecule has 8 radical (unpaired) electrons. The second-order valence-corrected chi connectivity index (χ2v) is 5.25. The van der Waals surface area contributed by atoms with Gasteiger partial charge in [-0.1, -0.05) is 22.2 Å². The Hall–Kier alpha value is -0.550. The SMILES string of the molecule is [B]C([B])(N)C([B])([B])c1ccc2c(c1)OC(F)(F)S2. The lowest BCUT2D eigenvalue weighted by molar-refractivity contribution is -0.0822. The van der Waals surface area contributed by atoms with Crippen LogP contribution in [-0.4, -0.2) is 42.2 Å². The van der Waals surface area contributed by atoms with E-state index in [1.165, 1.54) is 18.2 Å². The van der Waals surface area contributed by atoms with Crippen molar-refractivity contribution in [2.75, 3.05) is 0 Å². The van der Waals surface area contributed by atoms with Crippen molar-refractivity contribution in [1.82, 2.24) is 0 Å². The maximum absolute atomic E-state index is 13.0. The maximum atomic E-state index is 13.0. The molecule has 0 saturated carbocycles. The van der Waals surface area contributed by atoms with Crippen molar-refractivity contribution in [1.29, 1.82) is 0 Å². The van der Waals surface area contributed by atoms with E-state index in [0.29, 0.717) is 0 Å². The molecular formula is C9H5B4F2NOS. The van der Waals surface area contributed by atoms with Crippen molar-refractivity contribution in [3.05, 3.63) is 23.8 Å². The summed E-state index contributed by atoms with van der Waals surface area (Å²) in [6.45, 7) is 0. The number of rotatable bonds is 2. The molecule has 1 aliphatic rings. The molecule has 0 aromatic heterocycles. The van der Waals surface area contributed by atoms with Gasteiger partial charge in [0.25, 0.3) is 0 Å². The van der Waals surface area contributed by atoms with Gasteiger partial charge in [0.1, 0.15) is 5.75 Å². The summed E-state index contributed by atoms with van der Waals surface area (Å²) < 4.78 is 30.4. The van der Waals surface area contributed by atoms with E-state index in [-0.39, 0.29) is 28.0 Å². The number of alkyl halides is 2. The number of ether oxygens (including phenoxy) is 1. The fraction of sp³-hybridized carbons (Fsp3) is 0.333. The third kappa shape index (κ3) is 2.30. The number of hydrogen-bond donors (Lipinski definition) is 1. The molecule has 0 amide bonds. The Bertz CT molecular complexity index is 492. The molecule has 0 unspecified atom stereocenters. The van der Waals surface area contributed by atoms with E-state index in [9.17, 15) is 8.78 Å². The highest BCUT2D eigenvalue weighted by atomic mass is 32.2. The predicted molar refractivity (Wildman–Crippen MR) is 69.5 cm³/mol. The zero-order valence-electron chi connectivity index (χ0n) is 9.19. The molecule has 1 aromatic carbocycles. The van der Waals surface area contributed by atoms with Gasteiger partial charge in [0.15, 0.2) is 0 Å². The van der Waals surface area contributed by atoms with E-state index in [4.69, 9.17) is 37.1 Å². The minimum absolute atomic E-state index is 0.0352. The molecule has 2 rings (SSSR count). The lowest BCUT2D eigenvalue weighted by Gasteiger charge is -2.41. The van der Waals surface area contributed by atoms with Crippen molar-refractivity contribution >= 4 is 43.1 Å². The first kappa shape index (κ1) is 13.9. The molecule has 0 bridgehead atoms. The smallest absolute Gasteiger partial charge is 0.423 e. The Labute approximate surface area is 113 Å². The summed E-state index contributed by atoms with van der Waals surface area (Å²) in [6.07, 6.45) is 0. The first-order valence-corrected chi connectivity index (χ1v) is 5.69. The van der Waals surface area contributed by atoms with Crippen molar-refractivity contribution in [3.8, 4) is 5.75 Å². The number of halogens is 2. The Balaban J connectivity index is 2.41. The van der Waals surface area contributed by atoms with E-state index >= 15 is 0 Å². The van der Waals surface area contributed by atoms with Crippen LogP contribution in [0.3, 0.4) is 0 Å². The van der Waals surface area contributed by atoms with Gasteiger partial charge in [-0.2, -0.15) is 8.78 Å². The second kappa shape index (κ2) is 3.97. The van der Waals surface area contributed by atoms with Crippen LogP contribution in [0, 0.1) is 0 Å². The topological polar surface area (TPSA) is 35.2 Å². The van der Waals surface area contributed by atoms with E-state index in [1.807, 2.05) is 0 Å². The quantitative estimate of drug-likeness (QED) is 0.766. The highest BCUT2D eigenvalue weighted by Crippen LogP contribution is 2.50. The lowest BCUT2D eigenvalue weighted by Crippen LogP contribution is -2.60. The van der Waals surface area contributed by atoms with E-state index in [0.717, 1.165) is 0 Å². The molecule has 1 heterocycles. The summed E-state index contributed by atoms with van der Waals surface area (Å²) in [6, 6.07) is 4.08. The van der Waals surface area contributed by atoms with Crippen molar-refractivity contribution in [2.45, 2.75) is 20.9 Å². The monoisotopic (exact) mass is 257 g/mol. The summed E-state index contributed by atoms with van der Waals surface area (Å²) in [4.78, 5) is 0.274. The molecule has 0 aliphatic carbocycles. The summed E-state index contributed by atoms with van der Waals surface area (Å²) in [5, 5.41) is -3.69. The average molecular weight is 256 g/mol. The summed E-state index contributed by atoms with van der Waals surface area (Å²) in [5.74, 6) is -0.0352. The molecule has 0 atom stereocenters. The maximum Gasteiger partial charge on any atom is 0.457 e. The van der Waals surface area contributed by atoms with Crippen LogP contribution in [-0.2, 0) is 5.21 Å². The van der Waals surface area contributed by atoms with Crippen molar-refractivity contribution in [2.24, 2.45) is 5.73 Å². The molecular weight excluding hydrogens is 251 g/mol. The van der Waals surface area contributed by atoms with Gasteiger partial charge >= 0.3 is 5.44 Å². The molecule has 2 N–H and O–H groups in total. The number of hydrogen-bond acceptors (Lipinski definition) is 3. The van der Waals surface area contributed by atoms with Gasteiger partial charge in [0.2, 0.25) is 0 Å². The number of fused-ring (bicyclic) bond motifs is 1. The van der Waals surface area contributed by atoms with Crippen LogP contribution >= 0.6 is 11.8 Å². The van der Waals surface area contributed by atoms with Crippen LogP contribution in [0.25, 0.3) is 0 Å². The molecule has 0 spiro atoms. The Kier molecular flexibility index (Phi) is 3.06. The molecule has 9 heteroatoms. The zero-order valence-corrected chi connectivity index (χ0v) is 10.0. The fourth-order valence-electron chi connectivity index (χ4n) is 1.46. The third-order valence-electron chi connectivity index (χ3n) is 2.60. The predicted octanol–water partition coefficient (Wildman–Crippen LogP) is 0.161. The summed E-state index contributed by atoms with van der Waals surface area (Å²) in [5.41, 5.74) is 2.35. The number of nitrogens with two attached hydrogens (primary N) is 1. The fourth-order valence-corrected chi connectivity index (χ4v) is 2.18. The van der Waals surface area contributed by atoms with Crippen molar-refractivity contribution < 1.29 is 13.5 Å². The van der Waals surface area contributed by atoms with Crippen molar-refractivity contribution in [3.63, 3.8) is 0 Å². The van der Waals surface area contributed by atoms with Gasteiger partial charge < -0.3 is 10.5 Å². The van der Waals surface area contributed by atoms with Crippen LogP contribution in [0.2, 0.25) is 0 Å². The molecule has 1 aromatic rings. The van der Waals surface area contributed by atoms with E-state index in [2.05, 4.69) is 4.74 Å². The molecule has 1 aliphatic heterocycles. The van der Waals surface area contributed by atoms with Gasteiger partial charge in [-0.25, -0.2) is 0 Å². The number of thioether (sulfide) groups is 1. The largest absolute Gasteiger partial charge is 0.457 e. The Morgan fingerprint density at radius 3 is 2.39 bits per heavy atom. The number of benzene rings is 1. The molecule has 0 fully saturated rings. The minimum Gasteiger partial charge on any atom is -0.423 e. The standard InChI is InChI=1S/C9H5B4F2NOS/c10-7(11,8(12,13)16)4-1-2-6-5(3-4)17-9(14,15)18-6/h1-3H,16H2. The molecule has 84 valence electrons. The third-order valence-corrected chi connectivity index (χ3v) is 3.47. The van der Waals surface area contributed by atoms with Crippen LogP contribution in [0.5, 0.6) is 5.75 Å².